The second-order valence-electron chi connectivity index (χ2n) is 6.36. The van der Waals surface area contributed by atoms with E-state index >= 15 is 0 Å². The Morgan fingerprint density at radius 3 is 2.15 bits per heavy atom. The molecule has 128 valence electrons. The van der Waals surface area contributed by atoms with Crippen molar-refractivity contribution in [2.75, 3.05) is 5.32 Å². The summed E-state index contributed by atoms with van der Waals surface area (Å²) in [7, 11) is 0. The average Bonchev–Trinajstić information content (AvgIpc) is 2.96. The highest BCUT2D eigenvalue weighted by Crippen LogP contribution is 2.38. The number of carbonyl (C=O) groups is 1. The first-order valence-electron chi connectivity index (χ1n) is 8.72. The minimum atomic E-state index is -0.0650. The van der Waals surface area contributed by atoms with Gasteiger partial charge in [0, 0.05) is 24.4 Å². The Morgan fingerprint density at radius 2 is 1.46 bits per heavy atom. The van der Waals surface area contributed by atoms with Crippen molar-refractivity contribution in [3.63, 3.8) is 0 Å². The van der Waals surface area contributed by atoms with Crippen molar-refractivity contribution in [3.05, 3.63) is 90.5 Å². The summed E-state index contributed by atoms with van der Waals surface area (Å²) < 4.78 is 2.28. The molecule has 4 aromatic rings. The number of benzene rings is 3. The third-order valence-electron chi connectivity index (χ3n) is 4.50. The van der Waals surface area contributed by atoms with Gasteiger partial charge in [0.25, 0.3) is 0 Å². The Labute approximate surface area is 152 Å². The van der Waals surface area contributed by atoms with Gasteiger partial charge in [-0.05, 0) is 11.6 Å². The highest BCUT2D eigenvalue weighted by molar-refractivity contribution is 6.08. The van der Waals surface area contributed by atoms with Gasteiger partial charge in [0.15, 0.2) is 0 Å². The molecule has 3 nitrogen and oxygen atoms in total. The predicted octanol–water partition coefficient (Wildman–Crippen LogP) is 5.32. The molecule has 0 saturated carbocycles. The van der Waals surface area contributed by atoms with E-state index in [0.717, 1.165) is 34.4 Å². The van der Waals surface area contributed by atoms with E-state index in [-0.39, 0.29) is 5.91 Å². The molecule has 3 aromatic carbocycles. The topological polar surface area (TPSA) is 34.0 Å². The number of amides is 1. The summed E-state index contributed by atoms with van der Waals surface area (Å²) in [6.45, 7) is 2.29. The van der Waals surface area contributed by atoms with Crippen LogP contribution in [0.3, 0.4) is 0 Å². The molecule has 0 aliphatic heterocycles. The summed E-state index contributed by atoms with van der Waals surface area (Å²) in [5.41, 5.74) is 5.32. The van der Waals surface area contributed by atoms with Crippen LogP contribution in [0.4, 0.5) is 5.69 Å². The van der Waals surface area contributed by atoms with Crippen LogP contribution in [0.15, 0.2) is 84.9 Å². The Balaban J connectivity index is 2.00. The molecule has 0 spiro atoms. The maximum Gasteiger partial charge on any atom is 0.221 e. The number of nitrogens with one attached hydrogen (secondary N) is 1. The van der Waals surface area contributed by atoms with Crippen LogP contribution in [0, 0.1) is 0 Å². The maximum absolute atomic E-state index is 11.9. The molecule has 0 aliphatic carbocycles. The lowest BCUT2D eigenvalue weighted by atomic mass is 10.1. The fraction of sp³-hybridized carbons (Fsp3) is 0.0870. The largest absolute Gasteiger partial charge is 0.334 e. The van der Waals surface area contributed by atoms with Crippen molar-refractivity contribution in [2.45, 2.75) is 13.5 Å². The number of fused-ring (bicyclic) bond motifs is 1. The van der Waals surface area contributed by atoms with Crippen molar-refractivity contribution in [1.82, 2.24) is 4.57 Å². The van der Waals surface area contributed by atoms with E-state index in [4.69, 9.17) is 0 Å². The third kappa shape index (κ3) is 3.00. The molecule has 1 heterocycles. The van der Waals surface area contributed by atoms with E-state index in [1.54, 1.807) is 6.92 Å². The third-order valence-corrected chi connectivity index (χ3v) is 4.50. The summed E-state index contributed by atoms with van der Waals surface area (Å²) in [6.07, 6.45) is 0. The normalized spacial score (nSPS) is 10.8. The first kappa shape index (κ1) is 16.2. The van der Waals surface area contributed by atoms with Gasteiger partial charge in [-0.1, -0.05) is 78.9 Å². The van der Waals surface area contributed by atoms with Crippen LogP contribution in [0.5, 0.6) is 0 Å². The summed E-state index contributed by atoms with van der Waals surface area (Å²) >= 11 is 0. The van der Waals surface area contributed by atoms with Crippen molar-refractivity contribution >= 4 is 22.5 Å². The summed E-state index contributed by atoms with van der Waals surface area (Å²) in [5.74, 6) is -0.0650. The van der Waals surface area contributed by atoms with Crippen LogP contribution in [-0.4, -0.2) is 10.5 Å². The van der Waals surface area contributed by atoms with Gasteiger partial charge >= 0.3 is 0 Å². The summed E-state index contributed by atoms with van der Waals surface area (Å²) in [4.78, 5) is 11.9. The SMILES string of the molecule is CC(=O)Nc1c(-c2ccccc2)n(Cc2ccccc2)c2ccccc12. The van der Waals surface area contributed by atoms with Crippen LogP contribution >= 0.6 is 0 Å². The molecule has 0 radical (unpaired) electrons. The molecule has 0 atom stereocenters. The van der Waals surface area contributed by atoms with E-state index in [1.165, 1.54) is 5.56 Å². The van der Waals surface area contributed by atoms with Crippen LogP contribution in [0.1, 0.15) is 12.5 Å². The first-order chi connectivity index (χ1) is 12.7. The lowest BCUT2D eigenvalue weighted by Crippen LogP contribution is -2.08. The van der Waals surface area contributed by atoms with Gasteiger partial charge < -0.3 is 9.88 Å². The first-order valence-corrected chi connectivity index (χ1v) is 8.72. The lowest BCUT2D eigenvalue weighted by molar-refractivity contribution is -0.114. The molecule has 1 amide bonds. The molecule has 0 bridgehead atoms. The Kier molecular flexibility index (Phi) is 4.28. The predicted molar refractivity (Wildman–Crippen MR) is 107 cm³/mol. The van der Waals surface area contributed by atoms with Crippen molar-refractivity contribution in [3.8, 4) is 11.3 Å². The van der Waals surface area contributed by atoms with E-state index in [2.05, 4.69) is 58.4 Å². The number of para-hydroxylation sites is 1. The fourth-order valence-electron chi connectivity index (χ4n) is 3.43. The molecule has 4 rings (SSSR count). The quantitative estimate of drug-likeness (QED) is 0.536. The molecule has 1 N–H and O–H groups in total. The zero-order valence-electron chi connectivity index (χ0n) is 14.6. The molecule has 0 fully saturated rings. The Morgan fingerprint density at radius 1 is 0.846 bits per heavy atom. The number of rotatable bonds is 4. The Hall–Kier alpha value is -3.33. The standard InChI is InChI=1S/C23H20N2O/c1-17(26)24-22-20-14-8-9-15-21(20)25(16-18-10-4-2-5-11-18)23(22)19-12-6-3-7-13-19/h2-15H,16H2,1H3,(H,24,26). The van der Waals surface area contributed by atoms with Gasteiger partial charge in [0.2, 0.25) is 5.91 Å². The molecule has 0 unspecified atom stereocenters. The number of aromatic nitrogens is 1. The Bertz CT molecular complexity index is 1050. The van der Waals surface area contributed by atoms with Gasteiger partial charge in [0.05, 0.1) is 16.9 Å². The van der Waals surface area contributed by atoms with E-state index in [0.29, 0.717) is 0 Å². The molecule has 0 saturated heterocycles. The van der Waals surface area contributed by atoms with Crippen LogP contribution in [0.2, 0.25) is 0 Å². The highest BCUT2D eigenvalue weighted by atomic mass is 16.1. The minimum absolute atomic E-state index is 0.0650. The molecule has 26 heavy (non-hydrogen) atoms. The highest BCUT2D eigenvalue weighted by Gasteiger charge is 2.19. The monoisotopic (exact) mass is 340 g/mol. The number of hydrogen-bond acceptors (Lipinski definition) is 1. The number of anilines is 1. The van der Waals surface area contributed by atoms with Crippen molar-refractivity contribution in [1.29, 1.82) is 0 Å². The smallest absolute Gasteiger partial charge is 0.221 e. The molecule has 3 heteroatoms. The van der Waals surface area contributed by atoms with Crippen LogP contribution in [0.25, 0.3) is 22.2 Å². The van der Waals surface area contributed by atoms with E-state index in [9.17, 15) is 4.79 Å². The second kappa shape index (κ2) is 6.89. The average molecular weight is 340 g/mol. The van der Waals surface area contributed by atoms with E-state index < -0.39 is 0 Å². The van der Waals surface area contributed by atoms with Gasteiger partial charge in [-0.15, -0.1) is 0 Å². The number of hydrogen-bond donors (Lipinski definition) is 1. The number of nitrogens with zero attached hydrogens (tertiary/aromatic N) is 1. The molecule has 0 aliphatic rings. The fourth-order valence-corrected chi connectivity index (χ4v) is 3.43. The number of carbonyl (C=O) groups excluding carboxylic acids is 1. The van der Waals surface area contributed by atoms with Gasteiger partial charge in [-0.2, -0.15) is 0 Å². The van der Waals surface area contributed by atoms with Crippen LogP contribution < -0.4 is 5.32 Å². The zero-order chi connectivity index (χ0) is 17.9. The maximum atomic E-state index is 11.9. The lowest BCUT2D eigenvalue weighted by Gasteiger charge is -2.13. The minimum Gasteiger partial charge on any atom is -0.334 e. The molecule has 1 aromatic heterocycles. The van der Waals surface area contributed by atoms with Crippen LogP contribution in [-0.2, 0) is 11.3 Å². The zero-order valence-corrected chi connectivity index (χ0v) is 14.6. The van der Waals surface area contributed by atoms with Gasteiger partial charge in [0.1, 0.15) is 0 Å². The second-order valence-corrected chi connectivity index (χ2v) is 6.36. The van der Waals surface area contributed by atoms with Crippen molar-refractivity contribution in [2.24, 2.45) is 0 Å². The summed E-state index contributed by atoms with van der Waals surface area (Å²) in [6, 6.07) is 28.8. The molecular weight excluding hydrogens is 320 g/mol. The van der Waals surface area contributed by atoms with Gasteiger partial charge in [-0.25, -0.2) is 0 Å². The van der Waals surface area contributed by atoms with Gasteiger partial charge in [-0.3, -0.25) is 4.79 Å². The summed E-state index contributed by atoms with van der Waals surface area (Å²) in [5, 5.41) is 4.11. The molecular formula is C23H20N2O. The van der Waals surface area contributed by atoms with E-state index in [1.807, 2.05) is 36.4 Å². The van der Waals surface area contributed by atoms with Crippen molar-refractivity contribution < 1.29 is 4.79 Å².